The van der Waals surface area contributed by atoms with Gasteiger partial charge in [0.2, 0.25) is 0 Å². The Bertz CT molecular complexity index is 457. The first-order chi connectivity index (χ1) is 7.82. The SMILES string of the molecule is CC(=O)C(Cl)=NNc1ccccc1C(F)(F)F. The summed E-state index contributed by atoms with van der Waals surface area (Å²) in [4.78, 5) is 10.7. The summed E-state index contributed by atoms with van der Waals surface area (Å²) >= 11 is 5.39. The molecule has 3 nitrogen and oxygen atoms in total. The van der Waals surface area contributed by atoms with E-state index >= 15 is 0 Å². The van der Waals surface area contributed by atoms with Gasteiger partial charge in [0, 0.05) is 6.92 Å². The van der Waals surface area contributed by atoms with Crippen molar-refractivity contribution in [2.75, 3.05) is 5.43 Å². The number of hydrogen-bond acceptors (Lipinski definition) is 3. The van der Waals surface area contributed by atoms with Crippen molar-refractivity contribution >= 4 is 28.2 Å². The van der Waals surface area contributed by atoms with E-state index in [2.05, 4.69) is 10.5 Å². The third-order valence-electron chi connectivity index (χ3n) is 1.80. The number of rotatable bonds is 3. The lowest BCUT2D eigenvalue weighted by Gasteiger charge is -2.11. The smallest absolute Gasteiger partial charge is 0.292 e. The van der Waals surface area contributed by atoms with Gasteiger partial charge in [-0.15, -0.1) is 0 Å². The van der Waals surface area contributed by atoms with Gasteiger partial charge in [-0.3, -0.25) is 10.2 Å². The van der Waals surface area contributed by atoms with E-state index in [0.717, 1.165) is 13.0 Å². The largest absolute Gasteiger partial charge is 0.418 e. The van der Waals surface area contributed by atoms with Crippen molar-refractivity contribution in [2.45, 2.75) is 13.1 Å². The van der Waals surface area contributed by atoms with Gasteiger partial charge in [0.05, 0.1) is 11.3 Å². The zero-order valence-electron chi connectivity index (χ0n) is 8.68. The summed E-state index contributed by atoms with van der Waals surface area (Å²) in [7, 11) is 0. The maximum absolute atomic E-state index is 12.5. The summed E-state index contributed by atoms with van der Waals surface area (Å²) in [5, 5.41) is 2.94. The minimum absolute atomic E-state index is 0.264. The maximum atomic E-state index is 12.5. The highest BCUT2D eigenvalue weighted by molar-refractivity contribution is 6.82. The van der Waals surface area contributed by atoms with Gasteiger partial charge in [-0.2, -0.15) is 18.3 Å². The molecule has 1 N–H and O–H groups in total. The van der Waals surface area contributed by atoms with Crippen molar-refractivity contribution in [2.24, 2.45) is 5.10 Å². The molecule has 1 rings (SSSR count). The molecule has 0 heterocycles. The van der Waals surface area contributed by atoms with Crippen molar-refractivity contribution in [3.05, 3.63) is 29.8 Å². The molecule has 0 saturated heterocycles. The normalized spacial score (nSPS) is 12.4. The molecule has 1 aromatic carbocycles. The quantitative estimate of drug-likeness (QED) is 0.672. The molecule has 17 heavy (non-hydrogen) atoms. The van der Waals surface area contributed by atoms with Crippen LogP contribution in [0.15, 0.2) is 29.4 Å². The third-order valence-corrected chi connectivity index (χ3v) is 2.15. The van der Waals surface area contributed by atoms with Crippen LogP contribution in [0.4, 0.5) is 18.9 Å². The first-order valence-electron chi connectivity index (χ1n) is 4.48. The predicted molar refractivity (Wildman–Crippen MR) is 59.0 cm³/mol. The first kappa shape index (κ1) is 13.5. The number of anilines is 1. The minimum atomic E-state index is -4.50. The average Bonchev–Trinajstić information content (AvgIpc) is 2.24. The number of benzene rings is 1. The van der Waals surface area contributed by atoms with E-state index in [9.17, 15) is 18.0 Å². The van der Waals surface area contributed by atoms with Gasteiger partial charge in [-0.1, -0.05) is 23.7 Å². The molecule has 0 saturated carbocycles. The summed E-state index contributed by atoms with van der Waals surface area (Å²) in [6.07, 6.45) is -4.50. The van der Waals surface area contributed by atoms with Crippen LogP contribution in [0.3, 0.4) is 0 Å². The van der Waals surface area contributed by atoms with E-state index in [1.165, 1.54) is 18.2 Å². The lowest BCUT2D eigenvalue weighted by Crippen LogP contribution is -2.10. The molecule has 0 aromatic heterocycles. The van der Waals surface area contributed by atoms with Crippen molar-refractivity contribution in [1.82, 2.24) is 0 Å². The number of para-hydroxylation sites is 1. The van der Waals surface area contributed by atoms with E-state index in [1.807, 2.05) is 0 Å². The highest BCUT2D eigenvalue weighted by Crippen LogP contribution is 2.34. The van der Waals surface area contributed by atoms with Crippen molar-refractivity contribution in [3.8, 4) is 0 Å². The number of nitrogens with zero attached hydrogens (tertiary/aromatic N) is 1. The lowest BCUT2D eigenvalue weighted by molar-refractivity contribution is -0.137. The number of hydrazone groups is 1. The Morgan fingerprint density at radius 1 is 1.35 bits per heavy atom. The molecule has 0 aliphatic rings. The molecule has 0 bridgehead atoms. The Hall–Kier alpha value is -1.56. The Morgan fingerprint density at radius 3 is 2.47 bits per heavy atom. The van der Waals surface area contributed by atoms with E-state index in [4.69, 9.17) is 11.6 Å². The lowest BCUT2D eigenvalue weighted by atomic mass is 10.2. The van der Waals surface area contributed by atoms with Gasteiger partial charge in [0.25, 0.3) is 0 Å². The molecule has 0 spiro atoms. The zero-order valence-corrected chi connectivity index (χ0v) is 9.43. The van der Waals surface area contributed by atoms with Crippen LogP contribution in [0.2, 0.25) is 0 Å². The summed E-state index contributed by atoms with van der Waals surface area (Å²) in [5.41, 5.74) is 0.974. The number of alkyl halides is 3. The molecular formula is C10H8ClF3N2O. The fourth-order valence-corrected chi connectivity index (χ4v) is 1.06. The highest BCUT2D eigenvalue weighted by Gasteiger charge is 2.33. The van der Waals surface area contributed by atoms with Crippen molar-refractivity contribution in [1.29, 1.82) is 0 Å². The fourth-order valence-electron chi connectivity index (χ4n) is 1.02. The summed E-state index contributed by atoms with van der Waals surface area (Å²) in [6, 6.07) is 4.76. The summed E-state index contributed by atoms with van der Waals surface area (Å²) < 4.78 is 37.6. The number of carbonyl (C=O) groups is 1. The van der Waals surface area contributed by atoms with Gasteiger partial charge in [-0.05, 0) is 12.1 Å². The number of halogens is 4. The summed E-state index contributed by atoms with van der Waals surface area (Å²) in [6.45, 7) is 1.16. The second-order valence-corrected chi connectivity index (χ2v) is 3.47. The Morgan fingerprint density at radius 2 is 1.94 bits per heavy atom. The molecule has 92 valence electrons. The van der Waals surface area contributed by atoms with Gasteiger partial charge in [0.15, 0.2) is 11.0 Å². The minimum Gasteiger partial charge on any atom is -0.292 e. The van der Waals surface area contributed by atoms with Crippen LogP contribution in [0.5, 0.6) is 0 Å². The zero-order chi connectivity index (χ0) is 13.1. The fraction of sp³-hybridized carbons (Fsp3) is 0.200. The number of Topliss-reactive ketones (excluding diaryl/α,β-unsaturated/α-hetero) is 1. The van der Waals surface area contributed by atoms with Crippen LogP contribution in [-0.4, -0.2) is 11.0 Å². The summed E-state index contributed by atoms with van der Waals surface area (Å²) in [5.74, 6) is -0.538. The van der Waals surface area contributed by atoms with Gasteiger partial charge >= 0.3 is 6.18 Å². The standard InChI is InChI=1S/C10H8ClF3N2O/c1-6(17)9(11)16-15-8-5-3-2-4-7(8)10(12,13)14/h2-5,15H,1H3. The van der Waals surface area contributed by atoms with Crippen LogP contribution in [-0.2, 0) is 11.0 Å². The molecule has 0 unspecified atom stereocenters. The van der Waals surface area contributed by atoms with E-state index < -0.39 is 22.7 Å². The molecule has 1 aromatic rings. The molecule has 0 atom stereocenters. The Balaban J connectivity index is 3.00. The Kier molecular flexibility index (Phi) is 4.11. The van der Waals surface area contributed by atoms with Crippen molar-refractivity contribution in [3.63, 3.8) is 0 Å². The van der Waals surface area contributed by atoms with Gasteiger partial charge in [0.1, 0.15) is 0 Å². The third kappa shape index (κ3) is 3.74. The van der Waals surface area contributed by atoms with Crippen LogP contribution in [0.1, 0.15) is 12.5 Å². The van der Waals surface area contributed by atoms with E-state index in [0.29, 0.717) is 0 Å². The second kappa shape index (κ2) is 5.18. The first-order valence-corrected chi connectivity index (χ1v) is 4.86. The van der Waals surface area contributed by atoms with Crippen molar-refractivity contribution < 1.29 is 18.0 Å². The number of carbonyl (C=O) groups excluding carboxylic acids is 1. The van der Waals surface area contributed by atoms with Crippen LogP contribution < -0.4 is 5.43 Å². The molecule has 0 aliphatic heterocycles. The molecule has 0 amide bonds. The number of hydrogen-bond donors (Lipinski definition) is 1. The van der Waals surface area contributed by atoms with Crippen LogP contribution in [0.25, 0.3) is 0 Å². The van der Waals surface area contributed by atoms with Crippen LogP contribution >= 0.6 is 11.6 Å². The maximum Gasteiger partial charge on any atom is 0.418 e. The Labute approximate surface area is 100 Å². The van der Waals surface area contributed by atoms with Gasteiger partial charge < -0.3 is 0 Å². The van der Waals surface area contributed by atoms with E-state index in [-0.39, 0.29) is 5.69 Å². The second-order valence-electron chi connectivity index (χ2n) is 3.11. The molecule has 0 aliphatic carbocycles. The monoisotopic (exact) mass is 264 g/mol. The number of nitrogens with one attached hydrogen (secondary N) is 1. The highest BCUT2D eigenvalue weighted by atomic mass is 35.5. The number of ketones is 1. The predicted octanol–water partition coefficient (Wildman–Crippen LogP) is 3.26. The van der Waals surface area contributed by atoms with E-state index in [1.54, 1.807) is 0 Å². The molecular weight excluding hydrogens is 257 g/mol. The van der Waals surface area contributed by atoms with Gasteiger partial charge in [-0.25, -0.2) is 0 Å². The molecule has 0 fully saturated rings. The molecule has 7 heteroatoms. The molecule has 0 radical (unpaired) electrons. The average molecular weight is 265 g/mol. The topological polar surface area (TPSA) is 41.5 Å². The van der Waals surface area contributed by atoms with Crippen LogP contribution in [0, 0.1) is 0 Å².